The van der Waals surface area contributed by atoms with E-state index in [1.54, 1.807) is 11.3 Å². The van der Waals surface area contributed by atoms with Gasteiger partial charge < -0.3 is 10.2 Å². The van der Waals surface area contributed by atoms with Crippen molar-refractivity contribution in [3.63, 3.8) is 0 Å². The summed E-state index contributed by atoms with van der Waals surface area (Å²) in [5.74, 6) is 0.435. The van der Waals surface area contributed by atoms with Gasteiger partial charge in [-0.05, 0) is 37.8 Å². The number of piperidine rings is 1. The fourth-order valence-corrected chi connectivity index (χ4v) is 4.93. The Hall–Kier alpha value is -1.69. The quantitative estimate of drug-likeness (QED) is 0.849. The largest absolute Gasteiger partial charge is 0.353 e. The third kappa shape index (κ3) is 3.94. The first-order chi connectivity index (χ1) is 12.3. The summed E-state index contributed by atoms with van der Waals surface area (Å²) in [7, 11) is 0. The summed E-state index contributed by atoms with van der Waals surface area (Å²) in [6, 6.07) is 4.34. The van der Waals surface area contributed by atoms with Crippen molar-refractivity contribution in [3.05, 3.63) is 18.3 Å². The zero-order valence-electron chi connectivity index (χ0n) is 14.6. The van der Waals surface area contributed by atoms with Gasteiger partial charge in [-0.2, -0.15) is 0 Å². The van der Waals surface area contributed by atoms with Gasteiger partial charge in [0.2, 0.25) is 5.91 Å². The summed E-state index contributed by atoms with van der Waals surface area (Å²) in [6.45, 7) is 1.81. The van der Waals surface area contributed by atoms with E-state index in [9.17, 15) is 4.79 Å². The maximum atomic E-state index is 12.6. The van der Waals surface area contributed by atoms with Crippen molar-refractivity contribution in [1.29, 1.82) is 0 Å². The van der Waals surface area contributed by atoms with Crippen molar-refractivity contribution in [3.8, 4) is 0 Å². The molecule has 0 bridgehead atoms. The SMILES string of the molecule is O=C(NC1CCCCCC1)C1CCN(c2nc3cccnc3s2)CC1. The van der Waals surface area contributed by atoms with Gasteiger partial charge in [0.1, 0.15) is 10.3 Å². The lowest BCUT2D eigenvalue weighted by Gasteiger charge is -2.31. The highest BCUT2D eigenvalue weighted by molar-refractivity contribution is 7.21. The molecule has 2 fully saturated rings. The van der Waals surface area contributed by atoms with Crippen molar-refractivity contribution in [2.45, 2.75) is 57.4 Å². The van der Waals surface area contributed by atoms with Crippen LogP contribution in [0.1, 0.15) is 51.4 Å². The molecule has 1 saturated heterocycles. The van der Waals surface area contributed by atoms with Crippen LogP contribution < -0.4 is 10.2 Å². The number of hydrogen-bond acceptors (Lipinski definition) is 5. The summed E-state index contributed by atoms with van der Waals surface area (Å²) in [6.07, 6.45) is 11.1. The van der Waals surface area contributed by atoms with Gasteiger partial charge in [0.05, 0.1) is 0 Å². The number of amides is 1. The number of carbonyl (C=O) groups is 1. The van der Waals surface area contributed by atoms with Crippen LogP contribution in [0.5, 0.6) is 0 Å². The highest BCUT2D eigenvalue weighted by Crippen LogP contribution is 2.30. The normalized spacial score (nSPS) is 20.6. The van der Waals surface area contributed by atoms with Gasteiger partial charge in [-0.25, -0.2) is 9.97 Å². The molecule has 0 aromatic carbocycles. The number of carbonyl (C=O) groups excluding carboxylic acids is 1. The number of nitrogens with one attached hydrogen (secondary N) is 1. The maximum absolute atomic E-state index is 12.6. The van der Waals surface area contributed by atoms with E-state index in [-0.39, 0.29) is 11.8 Å². The van der Waals surface area contributed by atoms with E-state index in [2.05, 4.69) is 15.2 Å². The molecular formula is C19H26N4OS. The number of hydrogen-bond donors (Lipinski definition) is 1. The van der Waals surface area contributed by atoms with Crippen LogP contribution in [-0.2, 0) is 4.79 Å². The second kappa shape index (κ2) is 7.68. The van der Waals surface area contributed by atoms with Gasteiger partial charge in [0.15, 0.2) is 5.13 Å². The third-order valence-electron chi connectivity index (χ3n) is 5.49. The number of aromatic nitrogens is 2. The van der Waals surface area contributed by atoms with E-state index in [4.69, 9.17) is 4.98 Å². The lowest BCUT2D eigenvalue weighted by atomic mass is 9.95. The lowest BCUT2D eigenvalue weighted by Crippen LogP contribution is -2.43. The smallest absolute Gasteiger partial charge is 0.223 e. The molecule has 0 atom stereocenters. The Labute approximate surface area is 152 Å². The predicted molar refractivity (Wildman–Crippen MR) is 102 cm³/mol. The molecule has 0 radical (unpaired) electrons. The van der Waals surface area contributed by atoms with Crippen LogP contribution in [0.15, 0.2) is 18.3 Å². The van der Waals surface area contributed by atoms with E-state index in [0.29, 0.717) is 6.04 Å². The van der Waals surface area contributed by atoms with E-state index in [1.807, 2.05) is 18.3 Å². The van der Waals surface area contributed by atoms with Crippen LogP contribution in [0.4, 0.5) is 5.13 Å². The molecule has 134 valence electrons. The van der Waals surface area contributed by atoms with Crippen molar-refractivity contribution in [1.82, 2.24) is 15.3 Å². The van der Waals surface area contributed by atoms with E-state index in [1.165, 1.54) is 25.7 Å². The molecule has 5 nitrogen and oxygen atoms in total. The van der Waals surface area contributed by atoms with Crippen molar-refractivity contribution < 1.29 is 4.79 Å². The second-order valence-corrected chi connectivity index (χ2v) is 8.24. The average molecular weight is 359 g/mol. The molecule has 1 amide bonds. The Morgan fingerprint density at radius 1 is 1.12 bits per heavy atom. The van der Waals surface area contributed by atoms with Crippen LogP contribution >= 0.6 is 11.3 Å². The Morgan fingerprint density at radius 3 is 2.60 bits per heavy atom. The summed E-state index contributed by atoms with van der Waals surface area (Å²) in [4.78, 5) is 25.0. The van der Waals surface area contributed by atoms with E-state index < -0.39 is 0 Å². The molecule has 25 heavy (non-hydrogen) atoms. The molecule has 1 aliphatic heterocycles. The van der Waals surface area contributed by atoms with Gasteiger partial charge in [-0.3, -0.25) is 4.79 Å². The molecule has 1 aliphatic carbocycles. The van der Waals surface area contributed by atoms with Crippen molar-refractivity contribution in [2.75, 3.05) is 18.0 Å². The molecule has 0 unspecified atom stereocenters. The summed E-state index contributed by atoms with van der Waals surface area (Å²) in [5.41, 5.74) is 0.968. The van der Waals surface area contributed by atoms with Gasteiger partial charge in [-0.15, -0.1) is 0 Å². The number of rotatable bonds is 3. The lowest BCUT2D eigenvalue weighted by molar-refractivity contribution is -0.126. The molecule has 6 heteroatoms. The van der Waals surface area contributed by atoms with Crippen molar-refractivity contribution in [2.24, 2.45) is 5.92 Å². The van der Waals surface area contributed by atoms with Crippen LogP contribution in [0, 0.1) is 5.92 Å². The van der Waals surface area contributed by atoms with E-state index in [0.717, 1.165) is 54.3 Å². The number of anilines is 1. The minimum Gasteiger partial charge on any atom is -0.353 e. The Balaban J connectivity index is 1.32. The van der Waals surface area contributed by atoms with Gasteiger partial charge in [0.25, 0.3) is 0 Å². The number of pyridine rings is 1. The molecule has 2 aromatic rings. The Bertz CT molecular complexity index is 682. The van der Waals surface area contributed by atoms with Crippen LogP contribution in [0.3, 0.4) is 0 Å². The molecule has 2 aromatic heterocycles. The molecular weight excluding hydrogens is 332 g/mol. The first kappa shape index (κ1) is 16.8. The number of thiazole rings is 1. The molecule has 1 N–H and O–H groups in total. The fourth-order valence-electron chi connectivity index (χ4n) is 3.97. The number of fused-ring (bicyclic) bond motifs is 1. The zero-order valence-corrected chi connectivity index (χ0v) is 15.4. The second-order valence-electron chi connectivity index (χ2n) is 7.28. The summed E-state index contributed by atoms with van der Waals surface area (Å²) < 4.78 is 0. The van der Waals surface area contributed by atoms with E-state index >= 15 is 0 Å². The summed E-state index contributed by atoms with van der Waals surface area (Å²) >= 11 is 1.65. The van der Waals surface area contributed by atoms with Crippen LogP contribution in [0.2, 0.25) is 0 Å². The minimum absolute atomic E-state index is 0.159. The molecule has 3 heterocycles. The average Bonchev–Trinajstić information content (AvgIpc) is 2.92. The maximum Gasteiger partial charge on any atom is 0.223 e. The molecule has 4 rings (SSSR count). The van der Waals surface area contributed by atoms with Crippen LogP contribution in [-0.4, -0.2) is 35.0 Å². The topological polar surface area (TPSA) is 58.1 Å². The Morgan fingerprint density at radius 2 is 1.88 bits per heavy atom. The number of nitrogens with zero attached hydrogens (tertiary/aromatic N) is 3. The first-order valence-corrected chi connectivity index (χ1v) is 10.4. The first-order valence-electron chi connectivity index (χ1n) is 9.56. The highest BCUT2D eigenvalue weighted by atomic mass is 32.1. The molecule has 2 aliphatic rings. The monoisotopic (exact) mass is 358 g/mol. The van der Waals surface area contributed by atoms with Gasteiger partial charge >= 0.3 is 0 Å². The standard InChI is InChI=1S/C19H26N4OS/c24-17(21-15-6-3-1-2-4-7-15)14-9-12-23(13-10-14)19-22-16-8-5-11-20-18(16)25-19/h5,8,11,14-15H,1-4,6-7,9-10,12-13H2,(H,21,24). The highest BCUT2D eigenvalue weighted by Gasteiger charge is 2.28. The molecule has 1 saturated carbocycles. The van der Waals surface area contributed by atoms with Crippen LogP contribution in [0.25, 0.3) is 10.3 Å². The minimum atomic E-state index is 0.159. The zero-order chi connectivity index (χ0) is 17.1. The fraction of sp³-hybridized carbons (Fsp3) is 0.632. The predicted octanol–water partition coefficient (Wildman–Crippen LogP) is 3.75. The summed E-state index contributed by atoms with van der Waals surface area (Å²) in [5, 5.41) is 4.36. The van der Waals surface area contributed by atoms with Crippen molar-refractivity contribution >= 4 is 32.7 Å². The van der Waals surface area contributed by atoms with Gasteiger partial charge in [-0.1, -0.05) is 37.0 Å². The van der Waals surface area contributed by atoms with Gasteiger partial charge in [0, 0.05) is 31.2 Å². The molecule has 0 spiro atoms. The Kier molecular flexibility index (Phi) is 5.15. The third-order valence-corrected chi connectivity index (χ3v) is 6.53.